The number of hydrogen-bond acceptors (Lipinski definition) is 7. The Labute approximate surface area is 338 Å². The van der Waals surface area contributed by atoms with Gasteiger partial charge < -0.3 is 23.7 Å². The van der Waals surface area contributed by atoms with Crippen LogP contribution in [0.15, 0.2) is 59.5 Å². The van der Waals surface area contributed by atoms with E-state index in [9.17, 15) is 4.79 Å². The highest BCUT2D eigenvalue weighted by Crippen LogP contribution is 2.46. The van der Waals surface area contributed by atoms with Crippen LogP contribution < -0.4 is 11.4 Å². The zero-order valence-electron chi connectivity index (χ0n) is 36.3. The van der Waals surface area contributed by atoms with Gasteiger partial charge in [-0.1, -0.05) is 104 Å². The third-order valence-corrected chi connectivity index (χ3v) is 26.2. The smallest absolute Gasteiger partial charge is 0.351 e. The van der Waals surface area contributed by atoms with Gasteiger partial charge >= 0.3 is 5.69 Å². The fourth-order valence-electron chi connectivity index (χ4n) is 6.06. The summed E-state index contributed by atoms with van der Waals surface area (Å²) in [6.45, 7) is 33.7. The quantitative estimate of drug-likeness (QED) is 0.108. The summed E-state index contributed by atoms with van der Waals surface area (Å²) in [7, 11) is -7.04. The SMILES string of the molecule is C#Cc1cccc2cc3cccc(C#Cc4cn([C@@H]5O[C@H](CO[Si](C)(C)C(C)(C)C)[C@@H](O[Si](C)(C)C(C)(C)C)[C@H]5O[Si](C)(C)C(C)(C)C)c(=O)nc4N)c3cc12. The number of hydrogen-bond donors (Lipinski definition) is 1. The van der Waals surface area contributed by atoms with Gasteiger partial charge in [-0.25, -0.2) is 4.79 Å². The van der Waals surface area contributed by atoms with E-state index in [4.69, 9.17) is 30.2 Å². The van der Waals surface area contributed by atoms with Crippen molar-refractivity contribution >= 4 is 52.3 Å². The van der Waals surface area contributed by atoms with Crippen LogP contribution in [0.25, 0.3) is 21.5 Å². The Balaban J connectivity index is 1.65. The highest BCUT2D eigenvalue weighted by Gasteiger charge is 2.55. The summed E-state index contributed by atoms with van der Waals surface area (Å²) in [6.07, 6.45) is 5.03. The third kappa shape index (κ3) is 8.80. The van der Waals surface area contributed by atoms with Gasteiger partial charge in [0.1, 0.15) is 24.1 Å². The van der Waals surface area contributed by atoms with E-state index >= 15 is 0 Å². The summed E-state index contributed by atoms with van der Waals surface area (Å²) in [4.78, 5) is 18.3. The molecule has 0 spiro atoms. The van der Waals surface area contributed by atoms with Gasteiger partial charge in [-0.2, -0.15) is 4.98 Å². The first-order chi connectivity index (χ1) is 25.7. The standard InChI is InChI=1S/C45H63N3O5Si3/c1-17-30-20-18-22-32-26-33-23-19-21-31(36(33)27-35(30)32)24-25-34-28-48(42(49)47-40(34)46)41-39(53-56(15,16)45(8,9)10)38(52-55(13,14)44(5,6)7)37(51-41)29-50-54(11,12)43(2,3)4/h1,18-23,26-28,37-39,41H,29H2,2-16H3,(H2,46,47,49)/t37-,38-,39-,41-/m1/s1. The zero-order chi connectivity index (χ0) is 41.8. The molecule has 1 aliphatic heterocycles. The van der Waals surface area contributed by atoms with E-state index in [0.717, 1.165) is 32.7 Å². The van der Waals surface area contributed by atoms with Crippen LogP contribution in [0.3, 0.4) is 0 Å². The molecule has 5 rings (SSSR count). The highest BCUT2D eigenvalue weighted by molar-refractivity contribution is 6.75. The normalized spacial score (nSPS) is 19.9. The maximum atomic E-state index is 14.0. The molecular formula is C45H63N3O5Si3. The molecule has 300 valence electrons. The lowest BCUT2D eigenvalue weighted by Gasteiger charge is -2.44. The third-order valence-electron chi connectivity index (χ3n) is 12.8. The fourth-order valence-corrected chi connectivity index (χ4v) is 9.67. The second-order valence-corrected chi connectivity index (χ2v) is 34.2. The molecule has 0 saturated carbocycles. The first-order valence-corrected chi connectivity index (χ1v) is 28.4. The molecule has 2 N–H and O–H groups in total. The number of nitrogens with two attached hydrogens (primary N) is 1. The highest BCUT2D eigenvalue weighted by atomic mass is 28.4. The Bertz CT molecular complexity index is 2280. The van der Waals surface area contributed by atoms with E-state index in [1.54, 1.807) is 6.20 Å². The molecule has 56 heavy (non-hydrogen) atoms. The Morgan fingerprint density at radius 1 is 0.750 bits per heavy atom. The number of rotatable bonds is 8. The van der Waals surface area contributed by atoms with Gasteiger partial charge in [0.2, 0.25) is 0 Å². The first-order valence-electron chi connectivity index (χ1n) is 19.7. The lowest BCUT2D eigenvalue weighted by atomic mass is 9.97. The van der Waals surface area contributed by atoms with Crippen molar-refractivity contribution in [1.29, 1.82) is 0 Å². The first kappa shape index (κ1) is 43.6. The largest absolute Gasteiger partial charge is 0.414 e. The number of fused-ring (bicyclic) bond motifs is 2. The van der Waals surface area contributed by atoms with Crippen LogP contribution in [0.2, 0.25) is 54.4 Å². The molecule has 1 fully saturated rings. The Kier molecular flexibility index (Phi) is 11.9. The monoisotopic (exact) mass is 809 g/mol. The number of ether oxygens (including phenoxy) is 1. The average molecular weight is 810 g/mol. The van der Waals surface area contributed by atoms with E-state index in [2.05, 4.69) is 149 Å². The van der Waals surface area contributed by atoms with Crippen molar-refractivity contribution in [3.8, 4) is 24.2 Å². The molecule has 0 aliphatic carbocycles. The molecule has 0 amide bonds. The van der Waals surface area contributed by atoms with Crippen LogP contribution in [0.4, 0.5) is 5.82 Å². The number of nitrogens with zero attached hydrogens (tertiary/aromatic N) is 2. The predicted octanol–water partition coefficient (Wildman–Crippen LogP) is 10.2. The maximum Gasteiger partial charge on any atom is 0.351 e. The Morgan fingerprint density at radius 2 is 1.25 bits per heavy atom. The number of nitrogen functional groups attached to an aromatic ring is 1. The van der Waals surface area contributed by atoms with Gasteiger partial charge in [0.05, 0.1) is 12.2 Å². The van der Waals surface area contributed by atoms with Crippen LogP contribution >= 0.6 is 0 Å². The summed E-state index contributed by atoms with van der Waals surface area (Å²) < 4.78 is 29.9. The molecule has 0 radical (unpaired) electrons. The van der Waals surface area contributed by atoms with Crippen molar-refractivity contribution in [1.82, 2.24) is 9.55 Å². The van der Waals surface area contributed by atoms with Gasteiger partial charge in [-0.05, 0) is 100 Å². The van der Waals surface area contributed by atoms with E-state index < -0.39 is 55.2 Å². The minimum atomic E-state index is -2.46. The van der Waals surface area contributed by atoms with Crippen LogP contribution in [0.1, 0.15) is 85.2 Å². The Morgan fingerprint density at radius 3 is 1.79 bits per heavy atom. The van der Waals surface area contributed by atoms with Gasteiger partial charge in [0.25, 0.3) is 0 Å². The Hall–Kier alpha value is -3.53. The van der Waals surface area contributed by atoms with Gasteiger partial charge in [-0.3, -0.25) is 4.57 Å². The molecule has 2 heterocycles. The minimum Gasteiger partial charge on any atom is -0.414 e. The summed E-state index contributed by atoms with van der Waals surface area (Å²) in [5, 5.41) is 3.83. The lowest BCUT2D eigenvalue weighted by Crippen LogP contribution is -2.54. The predicted molar refractivity (Wildman–Crippen MR) is 239 cm³/mol. The zero-order valence-corrected chi connectivity index (χ0v) is 39.3. The molecule has 1 saturated heterocycles. The van der Waals surface area contributed by atoms with Crippen LogP contribution in [0.5, 0.6) is 0 Å². The second kappa shape index (κ2) is 15.3. The second-order valence-electron chi connectivity index (χ2n) is 19.9. The summed E-state index contributed by atoms with van der Waals surface area (Å²) in [5.74, 6) is 9.44. The summed E-state index contributed by atoms with van der Waals surface area (Å²) >= 11 is 0. The summed E-state index contributed by atoms with van der Waals surface area (Å²) in [5.41, 5.74) is 7.93. The molecule has 0 unspecified atom stereocenters. The van der Waals surface area contributed by atoms with Crippen LogP contribution in [-0.4, -0.2) is 59.4 Å². The van der Waals surface area contributed by atoms with Crippen LogP contribution in [-0.2, 0) is 18.0 Å². The number of benzene rings is 3. The number of terminal acetylenes is 1. The molecule has 0 bridgehead atoms. The van der Waals surface area contributed by atoms with Crippen molar-refractivity contribution in [3.05, 3.63) is 81.9 Å². The van der Waals surface area contributed by atoms with E-state index in [1.165, 1.54) is 4.57 Å². The molecule has 4 aromatic rings. The van der Waals surface area contributed by atoms with Crippen molar-refractivity contribution in [2.75, 3.05) is 12.3 Å². The molecule has 1 aliphatic rings. The van der Waals surface area contributed by atoms with Gasteiger partial charge in [0, 0.05) is 17.3 Å². The summed E-state index contributed by atoms with van der Waals surface area (Å²) in [6, 6.07) is 16.2. The van der Waals surface area contributed by atoms with Crippen molar-refractivity contribution in [2.24, 2.45) is 0 Å². The van der Waals surface area contributed by atoms with Crippen LogP contribution in [0, 0.1) is 24.2 Å². The molecule has 4 atom stereocenters. The molecule has 1 aromatic heterocycles. The van der Waals surface area contributed by atoms with Gasteiger partial charge in [0.15, 0.2) is 31.2 Å². The fraction of sp³-hybridized carbons (Fsp3) is 0.511. The minimum absolute atomic E-state index is 0.00993. The van der Waals surface area contributed by atoms with Crippen molar-refractivity contribution in [3.63, 3.8) is 0 Å². The molecule has 3 aromatic carbocycles. The average Bonchev–Trinajstić information content (AvgIpc) is 3.39. The topological polar surface area (TPSA) is 97.8 Å². The molecular weight excluding hydrogens is 747 g/mol. The van der Waals surface area contributed by atoms with Crippen molar-refractivity contribution in [2.45, 2.75) is 141 Å². The molecule has 8 nitrogen and oxygen atoms in total. The number of anilines is 1. The lowest BCUT2D eigenvalue weighted by molar-refractivity contribution is -0.0509. The van der Waals surface area contributed by atoms with Crippen molar-refractivity contribution < 1.29 is 18.0 Å². The number of aromatic nitrogens is 2. The molecule has 11 heteroatoms. The maximum absolute atomic E-state index is 14.0. The van der Waals surface area contributed by atoms with E-state index in [-0.39, 0.29) is 20.9 Å². The van der Waals surface area contributed by atoms with E-state index in [0.29, 0.717) is 12.2 Å². The van der Waals surface area contributed by atoms with Gasteiger partial charge in [-0.15, -0.1) is 6.42 Å². The van der Waals surface area contributed by atoms with E-state index in [1.807, 2.05) is 24.3 Å².